The van der Waals surface area contributed by atoms with E-state index in [1.165, 1.54) is 16.7 Å². The number of carboxylic acid groups (broad SMARTS) is 1. The summed E-state index contributed by atoms with van der Waals surface area (Å²) in [6, 6.07) is 3.88. The summed E-state index contributed by atoms with van der Waals surface area (Å²) in [6.07, 6.45) is 0. The molecule has 1 aromatic carbocycles. The first-order valence-corrected chi connectivity index (χ1v) is 7.58. The molecule has 1 aromatic rings. The maximum absolute atomic E-state index is 12.2. The molecule has 7 nitrogen and oxygen atoms in total. The van der Waals surface area contributed by atoms with Gasteiger partial charge in [-0.25, -0.2) is 9.59 Å². The lowest BCUT2D eigenvalue weighted by molar-refractivity contribution is -0.140. The Labute approximate surface area is 125 Å². The topological polar surface area (TPSA) is 88.1 Å². The fraction of sp³-hybridized carbons (Fsp3) is 0.385. The molecule has 1 unspecified atom stereocenters. The third kappa shape index (κ3) is 2.85. The van der Waals surface area contributed by atoms with Crippen LogP contribution in [0.3, 0.4) is 0 Å². The minimum absolute atomic E-state index is 0.368. The SMILES string of the molecule is O=C(O)C1CSCN1C(=O)Nc1ccc2c(c1)OCCO2. The van der Waals surface area contributed by atoms with Crippen molar-refractivity contribution in [2.45, 2.75) is 6.04 Å². The van der Waals surface area contributed by atoms with Crippen molar-refractivity contribution in [3.8, 4) is 11.5 Å². The van der Waals surface area contributed by atoms with Gasteiger partial charge >= 0.3 is 12.0 Å². The van der Waals surface area contributed by atoms with Gasteiger partial charge in [-0.05, 0) is 12.1 Å². The van der Waals surface area contributed by atoms with Gasteiger partial charge in [0.15, 0.2) is 11.5 Å². The average Bonchev–Trinajstić information content (AvgIpc) is 2.97. The number of anilines is 1. The van der Waals surface area contributed by atoms with Crippen molar-refractivity contribution in [1.82, 2.24) is 4.90 Å². The highest BCUT2D eigenvalue weighted by Gasteiger charge is 2.34. The molecule has 0 bridgehead atoms. The number of carboxylic acids is 1. The molecule has 1 fully saturated rings. The van der Waals surface area contributed by atoms with Crippen LogP contribution in [0.5, 0.6) is 11.5 Å². The number of rotatable bonds is 2. The molecule has 0 radical (unpaired) electrons. The van der Waals surface area contributed by atoms with Gasteiger partial charge in [-0.3, -0.25) is 0 Å². The molecular weight excluding hydrogens is 296 g/mol. The maximum atomic E-state index is 12.2. The van der Waals surface area contributed by atoms with Crippen LogP contribution in [0, 0.1) is 0 Å². The van der Waals surface area contributed by atoms with Crippen LogP contribution in [0.25, 0.3) is 0 Å². The number of fused-ring (bicyclic) bond motifs is 1. The molecular formula is C13H14N2O5S. The largest absolute Gasteiger partial charge is 0.486 e. The number of urea groups is 1. The fourth-order valence-electron chi connectivity index (χ4n) is 2.16. The van der Waals surface area contributed by atoms with Crippen LogP contribution in [0.15, 0.2) is 18.2 Å². The molecule has 1 atom stereocenters. The second-order valence-electron chi connectivity index (χ2n) is 4.61. The first-order valence-electron chi connectivity index (χ1n) is 6.43. The van der Waals surface area contributed by atoms with Crippen molar-refractivity contribution in [2.24, 2.45) is 0 Å². The van der Waals surface area contributed by atoms with E-state index >= 15 is 0 Å². The highest BCUT2D eigenvalue weighted by atomic mass is 32.2. The summed E-state index contributed by atoms with van der Waals surface area (Å²) >= 11 is 1.42. The molecule has 2 amide bonds. The van der Waals surface area contributed by atoms with Crippen molar-refractivity contribution in [3.05, 3.63) is 18.2 Å². The Morgan fingerprint density at radius 3 is 2.81 bits per heavy atom. The van der Waals surface area contributed by atoms with E-state index in [0.29, 0.717) is 42.0 Å². The summed E-state index contributed by atoms with van der Waals surface area (Å²) in [5.41, 5.74) is 0.547. The summed E-state index contributed by atoms with van der Waals surface area (Å²) in [7, 11) is 0. The van der Waals surface area contributed by atoms with Crippen LogP contribution in [-0.4, -0.2) is 52.9 Å². The lowest BCUT2D eigenvalue weighted by Crippen LogP contribution is -2.43. The molecule has 3 rings (SSSR count). The lowest BCUT2D eigenvalue weighted by atomic mass is 10.2. The number of nitrogens with one attached hydrogen (secondary N) is 1. The zero-order chi connectivity index (χ0) is 14.8. The number of amides is 2. The highest BCUT2D eigenvalue weighted by Crippen LogP contribution is 2.33. The van der Waals surface area contributed by atoms with Crippen LogP contribution in [0.2, 0.25) is 0 Å². The van der Waals surface area contributed by atoms with E-state index < -0.39 is 18.0 Å². The van der Waals surface area contributed by atoms with E-state index in [9.17, 15) is 9.59 Å². The van der Waals surface area contributed by atoms with Gasteiger partial charge in [0.25, 0.3) is 0 Å². The van der Waals surface area contributed by atoms with Crippen LogP contribution in [0.1, 0.15) is 0 Å². The highest BCUT2D eigenvalue weighted by molar-refractivity contribution is 7.99. The number of carbonyl (C=O) groups excluding carboxylic acids is 1. The smallest absolute Gasteiger partial charge is 0.327 e. The zero-order valence-corrected chi connectivity index (χ0v) is 11.9. The molecule has 2 heterocycles. The predicted octanol–water partition coefficient (Wildman–Crippen LogP) is 1.45. The number of hydrogen-bond donors (Lipinski definition) is 2. The van der Waals surface area contributed by atoms with Crippen LogP contribution in [-0.2, 0) is 4.79 Å². The van der Waals surface area contributed by atoms with E-state index in [1.54, 1.807) is 18.2 Å². The Morgan fingerprint density at radius 1 is 1.29 bits per heavy atom. The number of carbonyl (C=O) groups is 2. The molecule has 2 aliphatic heterocycles. The second kappa shape index (κ2) is 5.72. The molecule has 2 N–H and O–H groups in total. The van der Waals surface area contributed by atoms with Gasteiger partial charge in [-0.2, -0.15) is 0 Å². The molecule has 0 aliphatic carbocycles. The van der Waals surface area contributed by atoms with Gasteiger partial charge in [0, 0.05) is 17.5 Å². The minimum atomic E-state index is -0.989. The average molecular weight is 310 g/mol. The first kappa shape index (κ1) is 13.9. The molecule has 1 saturated heterocycles. The number of nitrogens with zero attached hydrogens (tertiary/aromatic N) is 1. The van der Waals surface area contributed by atoms with Crippen molar-refractivity contribution in [2.75, 3.05) is 30.2 Å². The van der Waals surface area contributed by atoms with Crippen molar-refractivity contribution in [1.29, 1.82) is 0 Å². The van der Waals surface area contributed by atoms with Gasteiger partial charge in [-0.15, -0.1) is 11.8 Å². The van der Waals surface area contributed by atoms with Gasteiger partial charge in [-0.1, -0.05) is 0 Å². The first-order chi connectivity index (χ1) is 10.1. The van der Waals surface area contributed by atoms with E-state index in [-0.39, 0.29) is 0 Å². The van der Waals surface area contributed by atoms with Crippen LogP contribution in [0.4, 0.5) is 10.5 Å². The Kier molecular flexibility index (Phi) is 3.78. The molecule has 2 aliphatic rings. The molecule has 8 heteroatoms. The number of ether oxygens (including phenoxy) is 2. The summed E-state index contributed by atoms with van der Waals surface area (Å²) in [5, 5.41) is 11.8. The van der Waals surface area contributed by atoms with Gasteiger partial charge in [0.1, 0.15) is 19.3 Å². The standard InChI is InChI=1S/C13H14N2O5S/c16-12(17)9-6-21-7-15(9)13(18)14-8-1-2-10-11(5-8)20-4-3-19-10/h1-2,5,9H,3-4,6-7H2,(H,14,18)(H,16,17). The normalized spacial score (nSPS) is 20.2. The maximum Gasteiger partial charge on any atom is 0.327 e. The Morgan fingerprint density at radius 2 is 2.05 bits per heavy atom. The Hall–Kier alpha value is -2.09. The van der Waals surface area contributed by atoms with Gasteiger partial charge < -0.3 is 24.8 Å². The van der Waals surface area contributed by atoms with E-state index in [4.69, 9.17) is 14.6 Å². The van der Waals surface area contributed by atoms with Crippen molar-refractivity contribution < 1.29 is 24.2 Å². The van der Waals surface area contributed by atoms with E-state index in [0.717, 1.165) is 0 Å². The fourth-order valence-corrected chi connectivity index (χ4v) is 3.31. The predicted molar refractivity (Wildman–Crippen MR) is 77.0 cm³/mol. The molecule has 0 aromatic heterocycles. The van der Waals surface area contributed by atoms with Crippen LogP contribution >= 0.6 is 11.8 Å². The molecule has 0 saturated carbocycles. The quantitative estimate of drug-likeness (QED) is 0.859. The van der Waals surface area contributed by atoms with Gasteiger partial charge in [0.05, 0.1) is 5.88 Å². The third-order valence-corrected chi connectivity index (χ3v) is 4.23. The van der Waals surface area contributed by atoms with E-state index in [1.807, 2.05) is 0 Å². The number of hydrogen-bond acceptors (Lipinski definition) is 5. The van der Waals surface area contributed by atoms with Crippen molar-refractivity contribution >= 4 is 29.4 Å². The number of aliphatic carboxylic acids is 1. The number of thioether (sulfide) groups is 1. The summed E-state index contributed by atoms with van der Waals surface area (Å²) in [4.78, 5) is 24.6. The Balaban J connectivity index is 1.71. The zero-order valence-electron chi connectivity index (χ0n) is 11.1. The van der Waals surface area contributed by atoms with Crippen molar-refractivity contribution in [3.63, 3.8) is 0 Å². The lowest BCUT2D eigenvalue weighted by Gasteiger charge is -2.22. The Bertz CT molecular complexity index is 580. The van der Waals surface area contributed by atoms with E-state index in [2.05, 4.69) is 5.32 Å². The summed E-state index contributed by atoms with van der Waals surface area (Å²) in [6.45, 7) is 0.970. The monoisotopic (exact) mass is 310 g/mol. The number of benzene rings is 1. The molecule has 112 valence electrons. The summed E-state index contributed by atoms with van der Waals surface area (Å²) < 4.78 is 10.8. The van der Waals surface area contributed by atoms with Crippen LogP contribution < -0.4 is 14.8 Å². The second-order valence-corrected chi connectivity index (χ2v) is 5.61. The molecule has 21 heavy (non-hydrogen) atoms. The summed E-state index contributed by atoms with van der Waals surface area (Å²) in [5.74, 6) is 0.999. The minimum Gasteiger partial charge on any atom is -0.486 e. The van der Waals surface area contributed by atoms with Gasteiger partial charge in [0.2, 0.25) is 0 Å². The third-order valence-electron chi connectivity index (χ3n) is 3.22. The molecule has 0 spiro atoms.